The SMILES string of the molecule is CC(C)(C)OC(=O)NCCC(O)C(O)c1ccc(N)c(Cl)c1Cl. The Morgan fingerprint density at radius 3 is 2.48 bits per heavy atom. The number of benzene rings is 1. The molecule has 8 heteroatoms. The Kier molecular flexibility index (Phi) is 6.95. The molecule has 1 amide bonds. The molecule has 0 aliphatic rings. The third-order valence-electron chi connectivity index (χ3n) is 2.93. The third-order valence-corrected chi connectivity index (χ3v) is 3.84. The molecular formula is C15H22Cl2N2O4. The van der Waals surface area contributed by atoms with Crippen LogP contribution in [0.4, 0.5) is 10.5 Å². The zero-order valence-corrected chi connectivity index (χ0v) is 14.8. The lowest BCUT2D eigenvalue weighted by atomic mass is 10.0. The highest BCUT2D eigenvalue weighted by Gasteiger charge is 2.23. The van der Waals surface area contributed by atoms with Gasteiger partial charge in [0.05, 0.1) is 21.8 Å². The molecule has 1 aromatic carbocycles. The minimum Gasteiger partial charge on any atom is -0.444 e. The van der Waals surface area contributed by atoms with Crippen LogP contribution in [-0.4, -0.2) is 34.6 Å². The van der Waals surface area contributed by atoms with Gasteiger partial charge in [0.15, 0.2) is 0 Å². The fourth-order valence-corrected chi connectivity index (χ4v) is 2.27. The van der Waals surface area contributed by atoms with Gasteiger partial charge in [-0.2, -0.15) is 0 Å². The number of alkyl carbamates (subject to hydrolysis) is 1. The highest BCUT2D eigenvalue weighted by molar-refractivity contribution is 6.44. The van der Waals surface area contributed by atoms with E-state index in [0.29, 0.717) is 0 Å². The van der Waals surface area contributed by atoms with Crippen LogP contribution < -0.4 is 11.1 Å². The topological polar surface area (TPSA) is 105 Å². The highest BCUT2D eigenvalue weighted by Crippen LogP contribution is 2.35. The van der Waals surface area contributed by atoms with Gasteiger partial charge in [-0.1, -0.05) is 29.3 Å². The van der Waals surface area contributed by atoms with Gasteiger partial charge in [0.2, 0.25) is 0 Å². The number of aliphatic hydroxyl groups is 2. The number of nitrogens with two attached hydrogens (primary N) is 1. The lowest BCUT2D eigenvalue weighted by molar-refractivity contribution is 0.0123. The maximum Gasteiger partial charge on any atom is 0.407 e. The van der Waals surface area contributed by atoms with Crippen molar-refractivity contribution in [3.8, 4) is 0 Å². The van der Waals surface area contributed by atoms with Crippen LogP contribution in [0.2, 0.25) is 10.0 Å². The van der Waals surface area contributed by atoms with Gasteiger partial charge in [-0.05, 0) is 33.3 Å². The first-order valence-electron chi connectivity index (χ1n) is 7.09. The number of anilines is 1. The summed E-state index contributed by atoms with van der Waals surface area (Å²) in [5.74, 6) is 0. The van der Waals surface area contributed by atoms with E-state index in [0.717, 1.165) is 0 Å². The van der Waals surface area contributed by atoms with Crippen LogP contribution in [-0.2, 0) is 4.74 Å². The molecule has 0 bridgehead atoms. The lowest BCUT2D eigenvalue weighted by Gasteiger charge is -2.22. The second-order valence-corrected chi connectivity index (χ2v) is 6.86. The summed E-state index contributed by atoms with van der Waals surface area (Å²) in [6.45, 7) is 5.38. The Morgan fingerprint density at radius 2 is 1.91 bits per heavy atom. The van der Waals surface area contributed by atoms with Crippen molar-refractivity contribution in [2.75, 3.05) is 12.3 Å². The van der Waals surface area contributed by atoms with Gasteiger partial charge in [0.1, 0.15) is 11.7 Å². The molecule has 23 heavy (non-hydrogen) atoms. The fraction of sp³-hybridized carbons (Fsp3) is 0.533. The summed E-state index contributed by atoms with van der Waals surface area (Å²) in [7, 11) is 0. The maximum atomic E-state index is 11.5. The minimum atomic E-state index is -1.25. The number of aliphatic hydroxyl groups excluding tert-OH is 2. The molecule has 0 radical (unpaired) electrons. The first-order valence-corrected chi connectivity index (χ1v) is 7.85. The van der Waals surface area contributed by atoms with E-state index in [-0.39, 0.29) is 34.3 Å². The molecule has 0 aliphatic heterocycles. The quantitative estimate of drug-likeness (QED) is 0.601. The van der Waals surface area contributed by atoms with Gasteiger partial charge in [-0.15, -0.1) is 0 Å². The number of nitrogens with one attached hydrogen (secondary N) is 1. The van der Waals surface area contributed by atoms with E-state index in [1.165, 1.54) is 12.1 Å². The van der Waals surface area contributed by atoms with E-state index < -0.39 is 23.9 Å². The Labute approximate surface area is 145 Å². The normalized spacial score (nSPS) is 14.2. The molecule has 0 saturated carbocycles. The summed E-state index contributed by atoms with van der Waals surface area (Å²) in [5.41, 5.74) is 5.57. The number of ether oxygens (including phenoxy) is 1. The molecule has 1 rings (SSSR count). The first-order chi connectivity index (χ1) is 10.5. The van der Waals surface area contributed by atoms with Crippen molar-refractivity contribution in [3.63, 3.8) is 0 Å². The summed E-state index contributed by atoms with van der Waals surface area (Å²) in [5, 5.41) is 22.9. The molecule has 0 aliphatic carbocycles. The number of hydrogen-bond acceptors (Lipinski definition) is 5. The van der Waals surface area contributed by atoms with Crippen LogP contribution in [0.25, 0.3) is 0 Å². The molecule has 1 aromatic rings. The molecule has 130 valence electrons. The number of nitrogen functional groups attached to an aromatic ring is 1. The van der Waals surface area contributed by atoms with E-state index in [2.05, 4.69) is 5.32 Å². The van der Waals surface area contributed by atoms with Gasteiger partial charge in [0, 0.05) is 12.1 Å². The Morgan fingerprint density at radius 1 is 1.30 bits per heavy atom. The molecule has 0 fully saturated rings. The molecular weight excluding hydrogens is 343 g/mol. The van der Waals surface area contributed by atoms with Crippen molar-refractivity contribution >= 4 is 35.0 Å². The fourth-order valence-electron chi connectivity index (χ4n) is 1.81. The van der Waals surface area contributed by atoms with E-state index in [9.17, 15) is 15.0 Å². The monoisotopic (exact) mass is 364 g/mol. The summed E-state index contributed by atoms with van der Waals surface area (Å²) in [4.78, 5) is 11.5. The predicted molar refractivity (Wildman–Crippen MR) is 90.7 cm³/mol. The van der Waals surface area contributed by atoms with Crippen molar-refractivity contribution in [2.45, 2.75) is 45.0 Å². The van der Waals surface area contributed by atoms with Crippen molar-refractivity contribution in [1.29, 1.82) is 0 Å². The van der Waals surface area contributed by atoms with Crippen molar-refractivity contribution in [3.05, 3.63) is 27.7 Å². The molecule has 0 saturated heterocycles. The molecule has 2 atom stereocenters. The van der Waals surface area contributed by atoms with Crippen LogP contribution in [0.3, 0.4) is 0 Å². The van der Waals surface area contributed by atoms with Gasteiger partial charge in [0.25, 0.3) is 0 Å². The number of hydrogen-bond donors (Lipinski definition) is 4. The van der Waals surface area contributed by atoms with E-state index in [1.54, 1.807) is 20.8 Å². The first kappa shape index (κ1) is 19.8. The number of amides is 1. The van der Waals surface area contributed by atoms with Crippen molar-refractivity contribution in [1.82, 2.24) is 5.32 Å². The third kappa shape index (κ3) is 6.06. The van der Waals surface area contributed by atoms with Crippen LogP contribution in [0.5, 0.6) is 0 Å². The van der Waals surface area contributed by atoms with Gasteiger partial charge < -0.3 is 26.0 Å². The number of rotatable bonds is 5. The predicted octanol–water partition coefficient (Wildman–Crippen LogP) is 2.88. The summed E-state index contributed by atoms with van der Waals surface area (Å²) in [6.07, 6.45) is -2.87. The summed E-state index contributed by atoms with van der Waals surface area (Å²) < 4.78 is 5.07. The summed E-state index contributed by atoms with van der Waals surface area (Å²) >= 11 is 11.9. The highest BCUT2D eigenvalue weighted by atomic mass is 35.5. The average Bonchev–Trinajstić information content (AvgIpc) is 2.42. The molecule has 6 nitrogen and oxygen atoms in total. The van der Waals surface area contributed by atoms with Crippen LogP contribution in [0.1, 0.15) is 38.9 Å². The smallest absolute Gasteiger partial charge is 0.407 e. The van der Waals surface area contributed by atoms with Crippen LogP contribution >= 0.6 is 23.2 Å². The number of carbonyl (C=O) groups excluding carboxylic acids is 1. The van der Waals surface area contributed by atoms with E-state index >= 15 is 0 Å². The number of halogens is 2. The van der Waals surface area contributed by atoms with Gasteiger partial charge in [-0.3, -0.25) is 0 Å². The second kappa shape index (κ2) is 8.06. The van der Waals surface area contributed by atoms with Gasteiger partial charge >= 0.3 is 6.09 Å². The molecule has 0 spiro atoms. The maximum absolute atomic E-state index is 11.5. The van der Waals surface area contributed by atoms with Crippen molar-refractivity contribution < 1.29 is 19.7 Å². The lowest BCUT2D eigenvalue weighted by Crippen LogP contribution is -2.34. The summed E-state index contributed by atoms with van der Waals surface area (Å²) in [6, 6.07) is 3.00. The van der Waals surface area contributed by atoms with Crippen LogP contribution in [0, 0.1) is 0 Å². The zero-order chi connectivity index (χ0) is 17.8. The molecule has 2 unspecified atom stereocenters. The Hall–Kier alpha value is -1.21. The Balaban J connectivity index is 2.57. The standard InChI is InChI=1S/C15H22Cl2N2O4/c1-15(2,3)23-14(22)19-7-6-10(20)13(21)8-4-5-9(18)12(17)11(8)16/h4-5,10,13,20-21H,6-7,18H2,1-3H3,(H,19,22). The van der Waals surface area contributed by atoms with Crippen LogP contribution in [0.15, 0.2) is 12.1 Å². The largest absolute Gasteiger partial charge is 0.444 e. The Bertz CT molecular complexity index is 561. The van der Waals surface area contributed by atoms with E-state index in [1.807, 2.05) is 0 Å². The molecule has 0 heterocycles. The van der Waals surface area contributed by atoms with Crippen molar-refractivity contribution in [2.24, 2.45) is 0 Å². The zero-order valence-electron chi connectivity index (χ0n) is 13.3. The number of carbonyl (C=O) groups is 1. The molecule has 0 aromatic heterocycles. The minimum absolute atomic E-state index is 0.0957. The second-order valence-electron chi connectivity index (χ2n) is 6.10. The van der Waals surface area contributed by atoms with E-state index in [4.69, 9.17) is 33.7 Å². The average molecular weight is 365 g/mol. The molecule has 5 N–H and O–H groups in total. The van der Waals surface area contributed by atoms with Gasteiger partial charge in [-0.25, -0.2) is 4.79 Å².